The summed E-state index contributed by atoms with van der Waals surface area (Å²) < 4.78 is 12.9. The van der Waals surface area contributed by atoms with E-state index in [1.807, 2.05) is 6.07 Å². The molecule has 1 aromatic carbocycles. The minimum absolute atomic E-state index is 0.402. The molecule has 2 aromatic rings. The molecule has 108 valence electrons. The molecule has 5 nitrogen and oxygen atoms in total. The van der Waals surface area contributed by atoms with E-state index in [2.05, 4.69) is 31.9 Å². The van der Waals surface area contributed by atoms with Gasteiger partial charge in [0.2, 0.25) is 5.95 Å². The predicted molar refractivity (Wildman–Crippen MR) is 79.9 cm³/mol. The average molecular weight is 285 g/mol. The fraction of sp³-hybridized carbons (Fsp3) is 0.333. The van der Waals surface area contributed by atoms with Crippen LogP contribution in [0.15, 0.2) is 30.6 Å². The predicted octanol–water partition coefficient (Wildman–Crippen LogP) is 1.45. The molecule has 2 N–H and O–H groups in total. The maximum absolute atomic E-state index is 12.9. The first-order valence-corrected chi connectivity index (χ1v) is 7.08. The van der Waals surface area contributed by atoms with Crippen molar-refractivity contribution in [1.82, 2.24) is 9.97 Å². The number of aromatic nitrogens is 2. The lowest BCUT2D eigenvalue weighted by molar-refractivity contribution is 0.533. The third-order valence-corrected chi connectivity index (χ3v) is 4.24. The van der Waals surface area contributed by atoms with E-state index in [1.165, 1.54) is 23.6 Å². The third-order valence-electron chi connectivity index (χ3n) is 4.24. The molecule has 6 heteroatoms. The highest BCUT2D eigenvalue weighted by Gasteiger charge is 2.34. The first-order valence-electron chi connectivity index (χ1n) is 7.08. The van der Waals surface area contributed by atoms with Crippen LogP contribution in [0.3, 0.4) is 0 Å². The summed E-state index contributed by atoms with van der Waals surface area (Å²) in [6.07, 6.45) is 3.43. The van der Waals surface area contributed by atoms with Gasteiger partial charge in [-0.2, -0.15) is 0 Å². The Balaban J connectivity index is 1.56. The smallest absolute Gasteiger partial charge is 0.225 e. The zero-order valence-electron chi connectivity index (χ0n) is 11.5. The van der Waals surface area contributed by atoms with Crippen LogP contribution in [0.1, 0.15) is 5.56 Å². The zero-order chi connectivity index (χ0) is 14.4. The lowest BCUT2D eigenvalue weighted by atomic mass is 10.1. The Bertz CT molecular complexity index is 672. The van der Waals surface area contributed by atoms with Gasteiger partial charge >= 0.3 is 0 Å². The van der Waals surface area contributed by atoms with Gasteiger partial charge in [0.15, 0.2) is 5.82 Å². The van der Waals surface area contributed by atoms with Crippen LogP contribution in [0.25, 0.3) is 0 Å². The number of fused-ring (bicyclic) bond motifs is 3. The van der Waals surface area contributed by atoms with Crippen LogP contribution in [0.5, 0.6) is 0 Å². The molecule has 0 spiro atoms. The average Bonchev–Trinajstić information content (AvgIpc) is 2.84. The summed E-state index contributed by atoms with van der Waals surface area (Å²) in [5.41, 5.74) is 9.27. The van der Waals surface area contributed by atoms with Gasteiger partial charge in [0.1, 0.15) is 0 Å². The maximum atomic E-state index is 12.9. The number of benzene rings is 1. The van der Waals surface area contributed by atoms with E-state index in [1.54, 1.807) is 0 Å². The van der Waals surface area contributed by atoms with Crippen molar-refractivity contribution in [1.29, 1.82) is 0 Å². The Kier molecular flexibility index (Phi) is 2.70. The zero-order valence-corrected chi connectivity index (χ0v) is 11.5. The Morgan fingerprint density at radius 2 is 2.00 bits per heavy atom. The minimum Gasteiger partial charge on any atom is -0.399 e. The van der Waals surface area contributed by atoms with Gasteiger partial charge in [-0.3, -0.25) is 0 Å². The maximum Gasteiger partial charge on any atom is 0.225 e. The van der Waals surface area contributed by atoms with Gasteiger partial charge in [0.25, 0.3) is 0 Å². The summed E-state index contributed by atoms with van der Waals surface area (Å²) in [4.78, 5) is 12.7. The molecule has 2 aliphatic rings. The molecule has 1 atom stereocenters. The number of hydrogen-bond acceptors (Lipinski definition) is 5. The Morgan fingerprint density at radius 3 is 2.81 bits per heavy atom. The van der Waals surface area contributed by atoms with E-state index in [0.29, 0.717) is 12.0 Å². The Morgan fingerprint density at radius 1 is 1.19 bits per heavy atom. The van der Waals surface area contributed by atoms with Crippen LogP contribution in [0.4, 0.5) is 21.7 Å². The molecular formula is C15H16FN5. The third kappa shape index (κ3) is 2.07. The van der Waals surface area contributed by atoms with E-state index >= 15 is 0 Å². The summed E-state index contributed by atoms with van der Waals surface area (Å²) in [6, 6.07) is 6.53. The van der Waals surface area contributed by atoms with Gasteiger partial charge in [-0.05, 0) is 30.2 Å². The normalized spacial score (nSPS) is 20.3. The number of anilines is 3. The van der Waals surface area contributed by atoms with E-state index in [0.717, 1.165) is 31.7 Å². The molecular weight excluding hydrogens is 269 g/mol. The quantitative estimate of drug-likeness (QED) is 0.804. The molecule has 0 radical (unpaired) electrons. The summed E-state index contributed by atoms with van der Waals surface area (Å²) in [7, 11) is 0. The lowest BCUT2D eigenvalue weighted by Crippen LogP contribution is -2.52. The summed E-state index contributed by atoms with van der Waals surface area (Å²) >= 11 is 0. The lowest BCUT2D eigenvalue weighted by Gasteiger charge is -2.39. The molecule has 0 unspecified atom stereocenters. The fourth-order valence-corrected chi connectivity index (χ4v) is 3.30. The second-order valence-corrected chi connectivity index (χ2v) is 5.59. The topological polar surface area (TPSA) is 58.3 Å². The fourth-order valence-electron chi connectivity index (χ4n) is 3.30. The minimum atomic E-state index is -0.402. The van der Waals surface area contributed by atoms with Crippen LogP contribution < -0.4 is 15.5 Å². The standard InChI is InChI=1S/C15H16FN5/c16-11-7-18-15(19-8-11)20-3-4-21-13(9-20)6-10-5-12(17)1-2-14(10)21/h1-2,5,7-8,13H,3-4,6,9,17H2/t13-/m0/s1. The number of halogens is 1. The first-order chi connectivity index (χ1) is 10.2. The van der Waals surface area contributed by atoms with Gasteiger partial charge in [0.05, 0.1) is 18.4 Å². The highest BCUT2D eigenvalue weighted by atomic mass is 19.1. The van der Waals surface area contributed by atoms with E-state index in [9.17, 15) is 4.39 Å². The van der Waals surface area contributed by atoms with Gasteiger partial charge in [-0.15, -0.1) is 0 Å². The highest BCUT2D eigenvalue weighted by molar-refractivity contribution is 5.65. The van der Waals surface area contributed by atoms with Gasteiger partial charge in [-0.25, -0.2) is 14.4 Å². The molecule has 2 aliphatic heterocycles. The molecule has 21 heavy (non-hydrogen) atoms. The van der Waals surface area contributed by atoms with Crippen molar-refractivity contribution >= 4 is 17.3 Å². The van der Waals surface area contributed by atoms with Crippen LogP contribution in [-0.2, 0) is 6.42 Å². The molecule has 1 aromatic heterocycles. The second-order valence-electron chi connectivity index (χ2n) is 5.59. The van der Waals surface area contributed by atoms with Crippen molar-refractivity contribution in [2.24, 2.45) is 0 Å². The monoisotopic (exact) mass is 285 g/mol. The van der Waals surface area contributed by atoms with E-state index in [-0.39, 0.29) is 0 Å². The number of nitrogen functional groups attached to an aromatic ring is 1. The number of nitrogens with zero attached hydrogens (tertiary/aromatic N) is 4. The van der Waals surface area contributed by atoms with Crippen molar-refractivity contribution in [2.75, 3.05) is 35.2 Å². The van der Waals surface area contributed by atoms with Crippen molar-refractivity contribution in [3.8, 4) is 0 Å². The Labute approximate surface area is 122 Å². The number of hydrogen-bond donors (Lipinski definition) is 1. The SMILES string of the molecule is Nc1ccc2c(c1)C[C@H]1CN(c3ncc(F)cn3)CCN21. The number of piperazine rings is 1. The number of nitrogens with two attached hydrogens (primary N) is 1. The van der Waals surface area contributed by atoms with Crippen LogP contribution in [0.2, 0.25) is 0 Å². The Hall–Kier alpha value is -2.37. The van der Waals surface area contributed by atoms with Crippen LogP contribution in [-0.4, -0.2) is 35.6 Å². The van der Waals surface area contributed by atoms with E-state index < -0.39 is 5.82 Å². The van der Waals surface area contributed by atoms with E-state index in [4.69, 9.17) is 5.73 Å². The highest BCUT2D eigenvalue weighted by Crippen LogP contribution is 2.35. The summed E-state index contributed by atoms with van der Waals surface area (Å²) in [5.74, 6) is 0.202. The first kappa shape index (κ1) is 12.4. The molecule has 0 saturated carbocycles. The summed E-state index contributed by atoms with van der Waals surface area (Å²) in [5, 5.41) is 0. The van der Waals surface area contributed by atoms with Crippen LogP contribution >= 0.6 is 0 Å². The summed E-state index contributed by atoms with van der Waals surface area (Å²) in [6.45, 7) is 2.61. The molecule has 1 saturated heterocycles. The molecule has 0 amide bonds. The van der Waals surface area contributed by atoms with Crippen molar-refractivity contribution in [3.05, 3.63) is 42.0 Å². The van der Waals surface area contributed by atoms with Crippen molar-refractivity contribution in [2.45, 2.75) is 12.5 Å². The molecule has 4 rings (SSSR count). The van der Waals surface area contributed by atoms with Gasteiger partial charge in [0, 0.05) is 31.0 Å². The largest absolute Gasteiger partial charge is 0.399 e. The van der Waals surface area contributed by atoms with Gasteiger partial charge < -0.3 is 15.5 Å². The van der Waals surface area contributed by atoms with Crippen molar-refractivity contribution < 1.29 is 4.39 Å². The van der Waals surface area contributed by atoms with Crippen LogP contribution in [0, 0.1) is 5.82 Å². The van der Waals surface area contributed by atoms with Gasteiger partial charge in [-0.1, -0.05) is 0 Å². The molecule has 0 aliphatic carbocycles. The molecule has 3 heterocycles. The van der Waals surface area contributed by atoms with Crippen molar-refractivity contribution in [3.63, 3.8) is 0 Å². The number of rotatable bonds is 1. The molecule has 0 bridgehead atoms. The molecule has 1 fully saturated rings. The second kappa shape index (κ2) is 4.58.